The molecule has 2 rings (SSSR count). The summed E-state index contributed by atoms with van der Waals surface area (Å²) < 4.78 is 10.6. The van der Waals surface area contributed by atoms with Crippen LogP contribution in [0, 0.1) is 6.92 Å². The normalized spacial score (nSPS) is 10.9. The van der Waals surface area contributed by atoms with Gasteiger partial charge in [-0.25, -0.2) is 0 Å². The fourth-order valence-corrected chi connectivity index (χ4v) is 2.25. The Morgan fingerprint density at radius 3 is 2.38 bits per heavy atom. The molecule has 0 radical (unpaired) electrons. The molecular formula is C18H21N3O2S. The van der Waals surface area contributed by atoms with E-state index in [0.29, 0.717) is 10.9 Å². The van der Waals surface area contributed by atoms with Gasteiger partial charge in [0, 0.05) is 17.3 Å². The van der Waals surface area contributed by atoms with Crippen molar-refractivity contribution in [3.8, 4) is 11.5 Å². The van der Waals surface area contributed by atoms with Crippen LogP contribution in [0.15, 0.2) is 47.6 Å². The second kappa shape index (κ2) is 8.31. The Bertz CT molecular complexity index is 742. The van der Waals surface area contributed by atoms with Gasteiger partial charge in [-0.15, -0.1) is 0 Å². The smallest absolute Gasteiger partial charge is 0.191 e. The average molecular weight is 343 g/mol. The first-order chi connectivity index (χ1) is 11.5. The highest BCUT2D eigenvalue weighted by atomic mass is 32.1. The monoisotopic (exact) mass is 343 g/mol. The van der Waals surface area contributed by atoms with Crippen LogP contribution in [0.2, 0.25) is 0 Å². The number of aryl methyl sites for hydroxylation is 1. The van der Waals surface area contributed by atoms with Gasteiger partial charge in [0.1, 0.15) is 11.5 Å². The fourth-order valence-electron chi connectivity index (χ4n) is 2.09. The molecule has 24 heavy (non-hydrogen) atoms. The van der Waals surface area contributed by atoms with E-state index in [1.54, 1.807) is 14.2 Å². The summed E-state index contributed by atoms with van der Waals surface area (Å²) >= 11 is 5.26. The molecule has 0 saturated carbocycles. The van der Waals surface area contributed by atoms with Gasteiger partial charge >= 0.3 is 0 Å². The zero-order chi connectivity index (χ0) is 17.5. The van der Waals surface area contributed by atoms with Crippen LogP contribution >= 0.6 is 12.2 Å². The highest BCUT2D eigenvalue weighted by Crippen LogP contribution is 2.25. The van der Waals surface area contributed by atoms with Gasteiger partial charge in [-0.3, -0.25) is 5.43 Å². The molecule has 2 aromatic carbocycles. The average Bonchev–Trinajstić information content (AvgIpc) is 2.61. The van der Waals surface area contributed by atoms with Crippen LogP contribution in [0.4, 0.5) is 5.69 Å². The molecule has 5 nitrogen and oxygen atoms in total. The van der Waals surface area contributed by atoms with Crippen molar-refractivity contribution in [2.45, 2.75) is 13.8 Å². The van der Waals surface area contributed by atoms with Crippen molar-refractivity contribution in [1.82, 2.24) is 5.43 Å². The number of hydrogen-bond donors (Lipinski definition) is 2. The first-order valence-electron chi connectivity index (χ1n) is 7.44. The fraction of sp³-hybridized carbons (Fsp3) is 0.222. The van der Waals surface area contributed by atoms with Crippen LogP contribution < -0.4 is 20.2 Å². The molecule has 0 unspecified atom stereocenters. The Labute approximate surface area is 147 Å². The van der Waals surface area contributed by atoms with Gasteiger partial charge in [-0.2, -0.15) is 5.10 Å². The van der Waals surface area contributed by atoms with Crippen molar-refractivity contribution in [1.29, 1.82) is 0 Å². The van der Waals surface area contributed by atoms with E-state index in [1.807, 2.05) is 56.3 Å². The van der Waals surface area contributed by atoms with Crippen LogP contribution in [0.3, 0.4) is 0 Å². The van der Waals surface area contributed by atoms with E-state index < -0.39 is 0 Å². The minimum absolute atomic E-state index is 0.422. The number of thiocarbonyl (C=S) groups is 1. The summed E-state index contributed by atoms with van der Waals surface area (Å²) in [6.07, 6.45) is 0. The molecule has 6 heteroatoms. The first-order valence-corrected chi connectivity index (χ1v) is 7.84. The van der Waals surface area contributed by atoms with Gasteiger partial charge in [0.15, 0.2) is 5.11 Å². The number of nitrogens with zero attached hydrogens (tertiary/aromatic N) is 1. The van der Waals surface area contributed by atoms with Gasteiger partial charge < -0.3 is 14.8 Å². The maximum Gasteiger partial charge on any atom is 0.191 e. The zero-order valence-corrected chi connectivity index (χ0v) is 15.0. The quantitative estimate of drug-likeness (QED) is 0.492. The SMILES string of the molecule is COc1ccc(C(C)=NNC(=S)Nc2ccc(C)cc2)c(OC)c1. The number of benzene rings is 2. The molecule has 2 N–H and O–H groups in total. The predicted molar refractivity (Wildman–Crippen MR) is 102 cm³/mol. The Morgan fingerprint density at radius 1 is 1.04 bits per heavy atom. The highest BCUT2D eigenvalue weighted by Gasteiger charge is 2.08. The Balaban J connectivity index is 2.05. The summed E-state index contributed by atoms with van der Waals surface area (Å²) in [5.41, 5.74) is 6.57. The number of rotatable bonds is 5. The molecule has 0 bridgehead atoms. The van der Waals surface area contributed by atoms with Crippen molar-refractivity contribution in [2.75, 3.05) is 19.5 Å². The predicted octanol–water partition coefficient (Wildman–Crippen LogP) is 3.72. The molecule has 0 aliphatic carbocycles. The molecule has 0 aliphatic rings. The van der Waals surface area contributed by atoms with E-state index in [1.165, 1.54) is 5.56 Å². The first kappa shape index (κ1) is 17.7. The summed E-state index contributed by atoms with van der Waals surface area (Å²) in [5, 5.41) is 7.82. The van der Waals surface area contributed by atoms with Crippen LogP contribution in [0.5, 0.6) is 11.5 Å². The number of ether oxygens (including phenoxy) is 2. The van der Waals surface area contributed by atoms with Crippen LogP contribution in [0.1, 0.15) is 18.1 Å². The molecule has 126 valence electrons. The van der Waals surface area contributed by atoms with Crippen LogP contribution in [-0.2, 0) is 0 Å². The lowest BCUT2D eigenvalue weighted by atomic mass is 10.1. The third kappa shape index (κ3) is 4.70. The molecule has 0 saturated heterocycles. The maximum atomic E-state index is 5.39. The van der Waals surface area contributed by atoms with Crippen LogP contribution in [0.25, 0.3) is 0 Å². The van der Waals surface area contributed by atoms with Gasteiger partial charge in [0.25, 0.3) is 0 Å². The molecule has 0 amide bonds. The summed E-state index contributed by atoms with van der Waals surface area (Å²) in [5.74, 6) is 1.42. The molecule has 0 spiro atoms. The van der Waals surface area contributed by atoms with Crippen molar-refractivity contribution in [3.63, 3.8) is 0 Å². The third-order valence-electron chi connectivity index (χ3n) is 3.43. The molecule has 2 aromatic rings. The molecule has 0 atom stereocenters. The number of methoxy groups -OCH3 is 2. The minimum Gasteiger partial charge on any atom is -0.497 e. The maximum absolute atomic E-state index is 5.39. The van der Waals surface area contributed by atoms with E-state index in [9.17, 15) is 0 Å². The summed E-state index contributed by atoms with van der Waals surface area (Å²) in [6, 6.07) is 13.5. The Kier molecular flexibility index (Phi) is 6.14. The minimum atomic E-state index is 0.422. The van der Waals surface area contributed by atoms with Gasteiger partial charge in [-0.1, -0.05) is 17.7 Å². The number of anilines is 1. The third-order valence-corrected chi connectivity index (χ3v) is 3.63. The van der Waals surface area contributed by atoms with E-state index in [0.717, 1.165) is 22.7 Å². The largest absolute Gasteiger partial charge is 0.497 e. The number of nitrogens with one attached hydrogen (secondary N) is 2. The van der Waals surface area contributed by atoms with Crippen molar-refractivity contribution in [3.05, 3.63) is 53.6 Å². The van der Waals surface area contributed by atoms with E-state index >= 15 is 0 Å². The van der Waals surface area contributed by atoms with Crippen molar-refractivity contribution < 1.29 is 9.47 Å². The van der Waals surface area contributed by atoms with E-state index in [-0.39, 0.29) is 0 Å². The molecule has 0 aliphatic heterocycles. The summed E-state index contributed by atoms with van der Waals surface area (Å²) in [4.78, 5) is 0. The zero-order valence-electron chi connectivity index (χ0n) is 14.2. The molecule has 0 aromatic heterocycles. The van der Waals surface area contributed by atoms with Crippen molar-refractivity contribution >= 4 is 28.7 Å². The lowest BCUT2D eigenvalue weighted by Gasteiger charge is -2.11. The van der Waals surface area contributed by atoms with Gasteiger partial charge in [0.05, 0.1) is 19.9 Å². The highest BCUT2D eigenvalue weighted by molar-refractivity contribution is 7.80. The number of hydrazone groups is 1. The Morgan fingerprint density at radius 2 is 1.75 bits per heavy atom. The molecule has 0 fully saturated rings. The Hall–Kier alpha value is -2.60. The number of hydrogen-bond acceptors (Lipinski definition) is 4. The summed E-state index contributed by atoms with van der Waals surface area (Å²) in [6.45, 7) is 3.92. The van der Waals surface area contributed by atoms with Crippen molar-refractivity contribution in [2.24, 2.45) is 5.10 Å². The van der Waals surface area contributed by atoms with E-state index in [2.05, 4.69) is 15.8 Å². The topological polar surface area (TPSA) is 54.9 Å². The molecule has 0 heterocycles. The second-order valence-corrected chi connectivity index (χ2v) is 5.60. The lowest BCUT2D eigenvalue weighted by Crippen LogP contribution is -2.25. The molecular weight excluding hydrogens is 322 g/mol. The van der Waals surface area contributed by atoms with Gasteiger partial charge in [-0.05, 0) is 50.3 Å². The second-order valence-electron chi connectivity index (χ2n) is 5.20. The summed E-state index contributed by atoms with van der Waals surface area (Å²) in [7, 11) is 3.23. The van der Waals surface area contributed by atoms with E-state index in [4.69, 9.17) is 21.7 Å². The van der Waals surface area contributed by atoms with Gasteiger partial charge in [0.2, 0.25) is 0 Å². The standard InChI is InChI=1S/C18H21N3O2S/c1-12-5-7-14(8-6-12)19-18(24)21-20-13(2)16-10-9-15(22-3)11-17(16)23-4/h5-11H,1-4H3,(H2,19,21,24). The van der Waals surface area contributed by atoms with Crippen LogP contribution in [-0.4, -0.2) is 25.0 Å². The lowest BCUT2D eigenvalue weighted by molar-refractivity contribution is 0.394.